The minimum atomic E-state index is 0.0901. The van der Waals surface area contributed by atoms with Crippen molar-refractivity contribution in [2.24, 2.45) is 17.3 Å². The first kappa shape index (κ1) is 16.0. The highest BCUT2D eigenvalue weighted by Gasteiger charge is 2.29. The number of hydrogen-bond acceptors (Lipinski definition) is 2. The minimum absolute atomic E-state index is 0.0901. The molecule has 102 valence electrons. The summed E-state index contributed by atoms with van der Waals surface area (Å²) in [4.78, 5) is 0. The number of halogens is 1. The summed E-state index contributed by atoms with van der Waals surface area (Å²) in [5.41, 5.74) is 2.67. The number of nitriles is 2. The standard InChI is InChI=1S/C16H21BrN2/c1-12(4-6-18)14-8-15(13(2)5-7-19)10-16(3,9-14)11-17/h8-9,12-13H,4-5,10-11H2,1-3H3. The van der Waals surface area contributed by atoms with Crippen molar-refractivity contribution in [1.29, 1.82) is 10.5 Å². The van der Waals surface area contributed by atoms with E-state index < -0.39 is 0 Å². The van der Waals surface area contributed by atoms with E-state index in [2.05, 4.69) is 61.0 Å². The molecule has 0 aromatic carbocycles. The molecule has 3 heteroatoms. The molecule has 0 aromatic rings. The average Bonchev–Trinajstić information content (AvgIpc) is 2.38. The lowest BCUT2D eigenvalue weighted by molar-refractivity contribution is 0.443. The van der Waals surface area contributed by atoms with Gasteiger partial charge < -0.3 is 0 Å². The monoisotopic (exact) mass is 320 g/mol. The van der Waals surface area contributed by atoms with E-state index in [1.54, 1.807) is 0 Å². The zero-order valence-electron chi connectivity index (χ0n) is 11.9. The van der Waals surface area contributed by atoms with Crippen LogP contribution in [0.3, 0.4) is 0 Å². The van der Waals surface area contributed by atoms with Crippen LogP contribution in [0.1, 0.15) is 40.0 Å². The normalized spacial score (nSPS) is 25.6. The first-order valence-electron chi connectivity index (χ1n) is 6.69. The van der Waals surface area contributed by atoms with E-state index in [1.165, 1.54) is 11.1 Å². The Labute approximate surface area is 124 Å². The molecule has 0 heterocycles. The fraction of sp³-hybridized carbons (Fsp3) is 0.625. The summed E-state index contributed by atoms with van der Waals surface area (Å²) in [6.07, 6.45) is 6.61. The molecule has 2 nitrogen and oxygen atoms in total. The van der Waals surface area contributed by atoms with Crippen molar-refractivity contribution in [3.05, 3.63) is 23.3 Å². The van der Waals surface area contributed by atoms with Gasteiger partial charge in [0, 0.05) is 18.2 Å². The van der Waals surface area contributed by atoms with E-state index in [0.717, 1.165) is 11.8 Å². The van der Waals surface area contributed by atoms with Crippen LogP contribution in [0.5, 0.6) is 0 Å². The zero-order chi connectivity index (χ0) is 14.5. The molecule has 0 N–H and O–H groups in total. The number of nitrogens with zero attached hydrogens (tertiary/aromatic N) is 2. The first-order chi connectivity index (χ1) is 8.95. The Hall–Kier alpha value is -1.06. The van der Waals surface area contributed by atoms with E-state index in [0.29, 0.717) is 18.8 Å². The lowest BCUT2D eigenvalue weighted by Crippen LogP contribution is -2.23. The molecular weight excluding hydrogens is 300 g/mol. The highest BCUT2D eigenvalue weighted by molar-refractivity contribution is 9.09. The van der Waals surface area contributed by atoms with Gasteiger partial charge in [0.2, 0.25) is 0 Å². The van der Waals surface area contributed by atoms with Gasteiger partial charge in [0.05, 0.1) is 12.1 Å². The summed E-state index contributed by atoms with van der Waals surface area (Å²) in [6, 6.07) is 4.50. The molecule has 0 radical (unpaired) electrons. The minimum Gasteiger partial charge on any atom is -0.198 e. The van der Waals surface area contributed by atoms with Gasteiger partial charge in [-0.3, -0.25) is 0 Å². The maximum absolute atomic E-state index is 8.87. The highest BCUT2D eigenvalue weighted by Crippen LogP contribution is 2.40. The second-order valence-corrected chi connectivity index (χ2v) is 6.42. The third kappa shape index (κ3) is 4.22. The van der Waals surface area contributed by atoms with Crippen LogP contribution < -0.4 is 0 Å². The summed E-state index contributed by atoms with van der Waals surface area (Å²) in [5.74, 6) is 0.550. The van der Waals surface area contributed by atoms with E-state index in [9.17, 15) is 0 Å². The Bertz CT molecular complexity index is 464. The van der Waals surface area contributed by atoms with Crippen LogP contribution in [-0.4, -0.2) is 5.33 Å². The van der Waals surface area contributed by atoms with Crippen molar-refractivity contribution in [2.75, 3.05) is 5.33 Å². The summed E-state index contributed by atoms with van der Waals surface area (Å²) in [5, 5.41) is 18.6. The predicted molar refractivity (Wildman–Crippen MR) is 81.5 cm³/mol. The third-order valence-corrected chi connectivity index (χ3v) is 5.06. The Kier molecular flexibility index (Phi) is 5.83. The molecule has 0 aromatic heterocycles. The SMILES string of the molecule is CC(CC#N)C1=CC(C)(CBr)CC(C(C)CC#N)=C1. The van der Waals surface area contributed by atoms with Crippen LogP contribution in [0, 0.1) is 39.9 Å². The largest absolute Gasteiger partial charge is 0.198 e. The Balaban J connectivity index is 3.05. The summed E-state index contributed by atoms with van der Waals surface area (Å²) in [7, 11) is 0. The van der Waals surface area contributed by atoms with Gasteiger partial charge >= 0.3 is 0 Å². The molecule has 0 saturated heterocycles. The quantitative estimate of drug-likeness (QED) is 0.686. The fourth-order valence-electron chi connectivity index (χ4n) is 2.44. The maximum atomic E-state index is 8.87. The van der Waals surface area contributed by atoms with E-state index in [-0.39, 0.29) is 11.3 Å². The third-order valence-electron chi connectivity index (χ3n) is 3.78. The topological polar surface area (TPSA) is 47.6 Å². The Morgan fingerprint density at radius 3 is 2.37 bits per heavy atom. The van der Waals surface area contributed by atoms with Gasteiger partial charge in [-0.1, -0.05) is 54.4 Å². The molecule has 0 spiro atoms. The van der Waals surface area contributed by atoms with Crippen molar-refractivity contribution in [3.8, 4) is 12.1 Å². The van der Waals surface area contributed by atoms with Crippen molar-refractivity contribution in [1.82, 2.24) is 0 Å². The Morgan fingerprint density at radius 2 is 1.84 bits per heavy atom. The summed E-state index contributed by atoms with van der Waals surface area (Å²) in [6.45, 7) is 6.44. The van der Waals surface area contributed by atoms with Gasteiger partial charge in [-0.15, -0.1) is 0 Å². The first-order valence-corrected chi connectivity index (χ1v) is 7.81. The molecule has 0 aliphatic heterocycles. The molecule has 0 fully saturated rings. The van der Waals surface area contributed by atoms with Crippen molar-refractivity contribution >= 4 is 15.9 Å². The molecule has 0 saturated carbocycles. The van der Waals surface area contributed by atoms with E-state index >= 15 is 0 Å². The fourth-order valence-corrected chi connectivity index (χ4v) is 2.80. The molecule has 1 rings (SSSR count). The van der Waals surface area contributed by atoms with Crippen molar-refractivity contribution < 1.29 is 0 Å². The number of allylic oxidation sites excluding steroid dienone is 4. The van der Waals surface area contributed by atoms with Gasteiger partial charge in [-0.05, 0) is 29.2 Å². The van der Waals surface area contributed by atoms with Crippen LogP contribution in [0.15, 0.2) is 23.3 Å². The molecule has 3 atom stereocenters. The van der Waals surface area contributed by atoms with Crippen LogP contribution in [-0.2, 0) is 0 Å². The van der Waals surface area contributed by atoms with Crippen LogP contribution >= 0.6 is 15.9 Å². The molecule has 0 bridgehead atoms. The van der Waals surface area contributed by atoms with Gasteiger partial charge in [-0.25, -0.2) is 0 Å². The van der Waals surface area contributed by atoms with Gasteiger partial charge in [0.1, 0.15) is 0 Å². The second-order valence-electron chi connectivity index (χ2n) is 5.85. The summed E-state index contributed by atoms with van der Waals surface area (Å²) >= 11 is 3.60. The molecule has 1 aliphatic rings. The molecule has 0 amide bonds. The highest BCUT2D eigenvalue weighted by atomic mass is 79.9. The number of alkyl halides is 1. The van der Waals surface area contributed by atoms with Crippen LogP contribution in [0.25, 0.3) is 0 Å². The van der Waals surface area contributed by atoms with Crippen LogP contribution in [0.4, 0.5) is 0 Å². The summed E-state index contributed by atoms with van der Waals surface area (Å²) < 4.78 is 0. The molecule has 1 aliphatic carbocycles. The Morgan fingerprint density at radius 1 is 1.26 bits per heavy atom. The van der Waals surface area contributed by atoms with E-state index in [4.69, 9.17) is 10.5 Å². The lowest BCUT2D eigenvalue weighted by atomic mass is 9.73. The van der Waals surface area contributed by atoms with Crippen molar-refractivity contribution in [3.63, 3.8) is 0 Å². The van der Waals surface area contributed by atoms with Crippen molar-refractivity contribution in [2.45, 2.75) is 40.0 Å². The zero-order valence-corrected chi connectivity index (χ0v) is 13.5. The van der Waals surface area contributed by atoms with Gasteiger partial charge in [0.25, 0.3) is 0 Å². The second kappa shape index (κ2) is 6.92. The lowest BCUT2D eigenvalue weighted by Gasteiger charge is -2.33. The smallest absolute Gasteiger partial charge is 0.0628 e. The van der Waals surface area contributed by atoms with Crippen LogP contribution in [0.2, 0.25) is 0 Å². The number of rotatable bonds is 5. The van der Waals surface area contributed by atoms with Gasteiger partial charge in [-0.2, -0.15) is 10.5 Å². The number of hydrogen-bond donors (Lipinski definition) is 0. The molecule has 3 unspecified atom stereocenters. The maximum Gasteiger partial charge on any atom is 0.0628 e. The molecule has 19 heavy (non-hydrogen) atoms. The van der Waals surface area contributed by atoms with E-state index in [1.807, 2.05) is 0 Å². The average molecular weight is 321 g/mol. The predicted octanol–water partition coefficient (Wildman–Crippen LogP) is 4.74. The van der Waals surface area contributed by atoms with Gasteiger partial charge in [0.15, 0.2) is 0 Å². The molecular formula is C16H21BrN2.